The summed E-state index contributed by atoms with van der Waals surface area (Å²) in [5.74, 6) is 0.531. The highest BCUT2D eigenvalue weighted by Crippen LogP contribution is 1.82. The van der Waals surface area contributed by atoms with Crippen LogP contribution >= 0.6 is 0 Å². The molecule has 0 rings (SSSR count). The fourth-order valence-corrected chi connectivity index (χ4v) is 0.272. The summed E-state index contributed by atoms with van der Waals surface area (Å²) in [6.07, 6.45) is 1.85. The predicted octanol–water partition coefficient (Wildman–Crippen LogP) is 0.629. The number of rotatable bonds is 2. The Bertz CT molecular complexity index is 57.1. The number of nitrogens with two attached hydrogens (primary N) is 1. The minimum atomic E-state index is 0.415. The molecule has 0 saturated heterocycles. The van der Waals surface area contributed by atoms with Crippen molar-refractivity contribution in [3.05, 3.63) is 0 Å². The van der Waals surface area contributed by atoms with Crippen LogP contribution in [0.3, 0.4) is 0 Å². The molecule has 2 nitrogen and oxygen atoms in total. The maximum atomic E-state index is 5.08. The van der Waals surface area contributed by atoms with Gasteiger partial charge in [0.2, 0.25) is 0 Å². The molecule has 0 aromatic carbocycles. The Morgan fingerprint density at radius 1 is 1.71 bits per heavy atom. The fourth-order valence-electron chi connectivity index (χ4n) is 0.272. The normalized spacial score (nSPS) is 11.4. The van der Waals surface area contributed by atoms with Gasteiger partial charge in [-0.2, -0.15) is 0 Å². The molecule has 0 saturated carbocycles. The van der Waals surface area contributed by atoms with Crippen LogP contribution < -0.4 is 5.73 Å². The van der Waals surface area contributed by atoms with E-state index in [-0.39, 0.29) is 0 Å². The first-order valence-electron chi connectivity index (χ1n) is 2.47. The second-order valence-corrected chi connectivity index (χ2v) is 1.76. The zero-order chi connectivity index (χ0) is 5.70. The van der Waals surface area contributed by atoms with E-state index in [0.29, 0.717) is 12.6 Å². The van der Waals surface area contributed by atoms with Crippen LogP contribution in [0.2, 0.25) is 0 Å². The molecule has 0 heterocycles. The predicted molar refractivity (Wildman–Crippen MR) is 32.4 cm³/mol. The van der Waals surface area contributed by atoms with Crippen molar-refractivity contribution < 1.29 is 0 Å². The van der Waals surface area contributed by atoms with Gasteiger partial charge in [-0.05, 0) is 5.92 Å². The number of aliphatic imine (C=N–C) groups is 1. The molecular weight excluding hydrogens is 88.1 g/mol. The van der Waals surface area contributed by atoms with Gasteiger partial charge in [0, 0.05) is 6.21 Å². The van der Waals surface area contributed by atoms with E-state index in [4.69, 9.17) is 5.73 Å². The molecule has 0 aliphatic rings. The van der Waals surface area contributed by atoms with E-state index in [1.54, 1.807) is 0 Å². The monoisotopic (exact) mass is 100 g/mol. The molecule has 7 heavy (non-hydrogen) atoms. The van der Waals surface area contributed by atoms with Gasteiger partial charge in [0.25, 0.3) is 0 Å². The molecule has 0 aliphatic heterocycles. The summed E-state index contributed by atoms with van der Waals surface area (Å²) in [6.45, 7) is 4.55. The Morgan fingerprint density at radius 3 is 2.43 bits per heavy atom. The van der Waals surface area contributed by atoms with Crippen molar-refractivity contribution in [3.63, 3.8) is 0 Å². The van der Waals surface area contributed by atoms with E-state index in [2.05, 4.69) is 18.8 Å². The van der Waals surface area contributed by atoms with Gasteiger partial charge < -0.3 is 5.73 Å². The molecule has 2 heteroatoms. The lowest BCUT2D eigenvalue weighted by Crippen LogP contribution is -1.96. The van der Waals surface area contributed by atoms with E-state index >= 15 is 0 Å². The molecule has 0 atom stereocenters. The van der Waals surface area contributed by atoms with Crippen LogP contribution in [0.25, 0.3) is 0 Å². The topological polar surface area (TPSA) is 38.4 Å². The van der Waals surface area contributed by atoms with Crippen molar-refractivity contribution in [2.45, 2.75) is 13.8 Å². The third-order valence-electron chi connectivity index (χ3n) is 0.509. The molecule has 0 unspecified atom stereocenters. The van der Waals surface area contributed by atoms with Crippen molar-refractivity contribution >= 4 is 6.21 Å². The molecule has 0 radical (unpaired) electrons. The quantitative estimate of drug-likeness (QED) is 0.508. The standard InChI is InChI=1S/C5H12N2/c1-5(2)3-7-4-6/h3,5H,4,6H2,1-2H3/b7-3+. The molecule has 0 fully saturated rings. The van der Waals surface area contributed by atoms with Gasteiger partial charge in [-0.25, -0.2) is 0 Å². The lowest BCUT2D eigenvalue weighted by molar-refractivity contribution is 0.893. The first-order chi connectivity index (χ1) is 3.27. The van der Waals surface area contributed by atoms with Crippen molar-refractivity contribution in [1.82, 2.24) is 0 Å². The van der Waals surface area contributed by atoms with Crippen molar-refractivity contribution in [2.75, 3.05) is 6.67 Å². The minimum Gasteiger partial charge on any atom is -0.312 e. The van der Waals surface area contributed by atoms with Crippen LogP contribution in [0.5, 0.6) is 0 Å². The van der Waals surface area contributed by atoms with Gasteiger partial charge in [0.1, 0.15) is 0 Å². The van der Waals surface area contributed by atoms with E-state index in [0.717, 1.165) is 0 Å². The summed E-state index contributed by atoms with van der Waals surface area (Å²) in [5.41, 5.74) is 5.08. The first kappa shape index (κ1) is 6.63. The summed E-state index contributed by atoms with van der Waals surface area (Å²) in [7, 11) is 0. The molecule has 0 aromatic heterocycles. The molecule has 2 N–H and O–H groups in total. The van der Waals surface area contributed by atoms with Crippen molar-refractivity contribution in [2.24, 2.45) is 16.6 Å². The highest BCUT2D eigenvalue weighted by Gasteiger charge is 1.79. The molecule has 0 aromatic rings. The van der Waals surface area contributed by atoms with Crippen LogP contribution in [-0.2, 0) is 0 Å². The Morgan fingerprint density at radius 2 is 2.29 bits per heavy atom. The van der Waals surface area contributed by atoms with Gasteiger partial charge in [-0.1, -0.05) is 13.8 Å². The van der Waals surface area contributed by atoms with Gasteiger partial charge in [-0.3, -0.25) is 4.99 Å². The fraction of sp³-hybridized carbons (Fsp3) is 0.800. The average Bonchev–Trinajstić information content (AvgIpc) is 1.61. The maximum absolute atomic E-state index is 5.08. The summed E-state index contributed by atoms with van der Waals surface area (Å²) in [6, 6.07) is 0. The number of hydrogen-bond acceptors (Lipinski definition) is 2. The third kappa shape index (κ3) is 5.63. The van der Waals surface area contributed by atoms with Crippen LogP contribution in [0.1, 0.15) is 13.8 Å². The Hall–Kier alpha value is -0.370. The number of hydrogen-bond donors (Lipinski definition) is 1. The van der Waals surface area contributed by atoms with E-state index in [1.807, 2.05) is 6.21 Å². The van der Waals surface area contributed by atoms with Gasteiger partial charge in [0.05, 0.1) is 6.67 Å². The Kier molecular flexibility index (Phi) is 3.61. The molecule has 42 valence electrons. The van der Waals surface area contributed by atoms with Crippen molar-refractivity contribution in [3.8, 4) is 0 Å². The SMILES string of the molecule is CC(C)/C=N/CN. The summed E-state index contributed by atoms with van der Waals surface area (Å²) in [5, 5.41) is 0. The molecule has 0 bridgehead atoms. The van der Waals surface area contributed by atoms with Crippen LogP contribution in [0.15, 0.2) is 4.99 Å². The van der Waals surface area contributed by atoms with Crippen LogP contribution in [0, 0.1) is 5.92 Å². The van der Waals surface area contributed by atoms with E-state index in [1.165, 1.54) is 0 Å². The lowest BCUT2D eigenvalue weighted by Gasteiger charge is -1.88. The highest BCUT2D eigenvalue weighted by atomic mass is 14.8. The number of nitrogens with zero attached hydrogens (tertiary/aromatic N) is 1. The van der Waals surface area contributed by atoms with E-state index < -0.39 is 0 Å². The van der Waals surface area contributed by atoms with Crippen LogP contribution in [-0.4, -0.2) is 12.9 Å². The average molecular weight is 100 g/mol. The second kappa shape index (κ2) is 3.81. The third-order valence-corrected chi connectivity index (χ3v) is 0.509. The minimum absolute atomic E-state index is 0.415. The maximum Gasteiger partial charge on any atom is 0.0855 e. The lowest BCUT2D eigenvalue weighted by atomic mass is 10.3. The molecule has 0 spiro atoms. The Labute approximate surface area is 44.4 Å². The van der Waals surface area contributed by atoms with Crippen molar-refractivity contribution in [1.29, 1.82) is 0 Å². The van der Waals surface area contributed by atoms with E-state index in [9.17, 15) is 0 Å². The van der Waals surface area contributed by atoms with Crippen LogP contribution in [0.4, 0.5) is 0 Å². The summed E-state index contributed by atoms with van der Waals surface area (Å²) < 4.78 is 0. The largest absolute Gasteiger partial charge is 0.312 e. The van der Waals surface area contributed by atoms with Gasteiger partial charge in [-0.15, -0.1) is 0 Å². The summed E-state index contributed by atoms with van der Waals surface area (Å²) >= 11 is 0. The highest BCUT2D eigenvalue weighted by molar-refractivity contribution is 5.59. The smallest absolute Gasteiger partial charge is 0.0855 e. The first-order valence-corrected chi connectivity index (χ1v) is 2.47. The molecule has 0 amide bonds. The van der Waals surface area contributed by atoms with Gasteiger partial charge >= 0.3 is 0 Å². The zero-order valence-electron chi connectivity index (χ0n) is 4.89. The second-order valence-electron chi connectivity index (χ2n) is 1.76. The van der Waals surface area contributed by atoms with Gasteiger partial charge in [0.15, 0.2) is 0 Å². The molecule has 0 aliphatic carbocycles. The molecular formula is C5H12N2. The zero-order valence-corrected chi connectivity index (χ0v) is 4.89. The Balaban J connectivity index is 3.08. The summed E-state index contributed by atoms with van der Waals surface area (Å²) in [4.78, 5) is 3.82.